The first kappa shape index (κ1) is 22.5. The molecule has 0 bridgehead atoms. The van der Waals surface area contributed by atoms with Gasteiger partial charge in [-0.1, -0.05) is 55.1 Å². The van der Waals surface area contributed by atoms with Gasteiger partial charge >= 0.3 is 7.12 Å². The van der Waals surface area contributed by atoms with Crippen LogP contribution in [0.3, 0.4) is 0 Å². The Kier molecular flexibility index (Phi) is 6.14. The van der Waals surface area contributed by atoms with Crippen LogP contribution in [0.15, 0.2) is 78.1 Å². The van der Waals surface area contributed by atoms with E-state index in [2.05, 4.69) is 13.2 Å². The first-order chi connectivity index (χ1) is 14.0. The summed E-state index contributed by atoms with van der Waals surface area (Å²) in [5.74, 6) is 0. The fourth-order valence-electron chi connectivity index (χ4n) is 3.48. The van der Waals surface area contributed by atoms with Gasteiger partial charge in [0, 0.05) is 0 Å². The lowest BCUT2D eigenvalue weighted by Gasteiger charge is -2.32. The van der Waals surface area contributed by atoms with Crippen LogP contribution in [0.4, 0.5) is 0 Å². The summed E-state index contributed by atoms with van der Waals surface area (Å²) in [7, 11) is -4.54. The lowest BCUT2D eigenvalue weighted by atomic mass is 9.75. The standard InChI is InChI=1S/C24H29BO4S/c1-7-19-13-11-12-14-20(19)17-22(30(26,27)21-15-9-8-10-16-21)18(2)25-28-23(3,4)24(5,6)29-25/h7-16,22H,1-2,17H2,3-6H3. The molecule has 1 fully saturated rings. The van der Waals surface area contributed by atoms with Crippen molar-refractivity contribution in [3.05, 3.63) is 84.4 Å². The van der Waals surface area contributed by atoms with E-state index in [4.69, 9.17) is 9.31 Å². The van der Waals surface area contributed by atoms with Crippen molar-refractivity contribution in [2.45, 2.75) is 55.5 Å². The topological polar surface area (TPSA) is 52.6 Å². The average molecular weight is 424 g/mol. The van der Waals surface area contributed by atoms with E-state index in [-0.39, 0.29) is 11.3 Å². The van der Waals surface area contributed by atoms with Crippen LogP contribution in [0.2, 0.25) is 0 Å². The van der Waals surface area contributed by atoms with Gasteiger partial charge in [0.15, 0.2) is 9.84 Å². The zero-order valence-electron chi connectivity index (χ0n) is 18.1. The molecule has 3 rings (SSSR count). The van der Waals surface area contributed by atoms with E-state index in [1.807, 2.05) is 52.0 Å². The van der Waals surface area contributed by atoms with Crippen molar-refractivity contribution in [1.29, 1.82) is 0 Å². The molecular weight excluding hydrogens is 395 g/mol. The first-order valence-corrected chi connectivity index (χ1v) is 11.6. The van der Waals surface area contributed by atoms with Gasteiger partial charge in [-0.2, -0.15) is 0 Å². The van der Waals surface area contributed by atoms with E-state index < -0.39 is 33.4 Å². The highest BCUT2D eigenvalue weighted by Gasteiger charge is 2.54. The summed E-state index contributed by atoms with van der Waals surface area (Å²) in [6, 6.07) is 16.1. The zero-order chi connectivity index (χ0) is 22.2. The Morgan fingerprint density at radius 3 is 2.10 bits per heavy atom. The van der Waals surface area contributed by atoms with Crippen molar-refractivity contribution < 1.29 is 17.7 Å². The molecule has 30 heavy (non-hydrogen) atoms. The molecule has 0 N–H and O–H groups in total. The molecule has 6 heteroatoms. The summed E-state index contributed by atoms with van der Waals surface area (Å²) >= 11 is 0. The highest BCUT2D eigenvalue weighted by atomic mass is 32.2. The maximum Gasteiger partial charge on any atom is 0.491 e. The second-order valence-corrected chi connectivity index (χ2v) is 10.7. The van der Waals surface area contributed by atoms with Crippen LogP contribution >= 0.6 is 0 Å². The Balaban J connectivity index is 2.04. The Hall–Kier alpha value is -2.15. The van der Waals surface area contributed by atoms with Crippen molar-refractivity contribution in [2.24, 2.45) is 0 Å². The third-order valence-corrected chi connectivity index (χ3v) is 8.24. The Morgan fingerprint density at radius 1 is 1.00 bits per heavy atom. The SMILES string of the molecule is C=Cc1ccccc1CC(C(=C)B1OC(C)(C)C(C)(C)O1)S(=O)(=O)c1ccccc1. The molecule has 0 saturated carbocycles. The van der Waals surface area contributed by atoms with Crippen molar-refractivity contribution in [3.63, 3.8) is 0 Å². The van der Waals surface area contributed by atoms with Gasteiger partial charge in [0.25, 0.3) is 0 Å². The van der Waals surface area contributed by atoms with Gasteiger partial charge < -0.3 is 9.31 Å². The van der Waals surface area contributed by atoms with Crippen molar-refractivity contribution in [3.8, 4) is 0 Å². The molecule has 1 saturated heterocycles. The summed E-state index contributed by atoms with van der Waals surface area (Å²) in [6.07, 6.45) is 1.99. The lowest BCUT2D eigenvalue weighted by molar-refractivity contribution is 0.00578. The number of benzene rings is 2. The van der Waals surface area contributed by atoms with Crippen LogP contribution in [0.25, 0.3) is 6.08 Å². The third kappa shape index (κ3) is 4.17. The van der Waals surface area contributed by atoms with Gasteiger partial charge in [0.05, 0.1) is 21.3 Å². The van der Waals surface area contributed by atoms with E-state index in [1.54, 1.807) is 36.4 Å². The Morgan fingerprint density at radius 2 is 1.53 bits per heavy atom. The van der Waals surface area contributed by atoms with Crippen molar-refractivity contribution >= 4 is 23.0 Å². The molecule has 158 valence electrons. The summed E-state index contributed by atoms with van der Waals surface area (Å²) in [5, 5.41) is -0.907. The van der Waals surface area contributed by atoms with Gasteiger partial charge in [-0.3, -0.25) is 0 Å². The molecule has 0 aliphatic carbocycles. The van der Waals surface area contributed by atoms with Crippen LogP contribution in [-0.4, -0.2) is 32.0 Å². The molecule has 4 nitrogen and oxygen atoms in total. The molecule has 1 unspecified atom stereocenters. The molecule has 1 aliphatic rings. The fraction of sp³-hybridized carbons (Fsp3) is 0.333. The minimum absolute atomic E-state index is 0.252. The highest BCUT2D eigenvalue weighted by Crippen LogP contribution is 2.40. The first-order valence-electron chi connectivity index (χ1n) is 10.0. The van der Waals surface area contributed by atoms with E-state index in [9.17, 15) is 8.42 Å². The van der Waals surface area contributed by atoms with E-state index in [0.29, 0.717) is 5.47 Å². The summed E-state index contributed by atoms with van der Waals surface area (Å²) in [6.45, 7) is 15.8. The Bertz CT molecular complexity index is 1030. The van der Waals surface area contributed by atoms with Gasteiger partial charge in [-0.05, 0) is 62.8 Å². The van der Waals surface area contributed by atoms with Crippen LogP contribution in [-0.2, 0) is 25.6 Å². The van der Waals surface area contributed by atoms with Crippen LogP contribution < -0.4 is 0 Å². The molecule has 0 spiro atoms. The lowest BCUT2D eigenvalue weighted by Crippen LogP contribution is -2.41. The van der Waals surface area contributed by atoms with E-state index in [1.165, 1.54) is 0 Å². The maximum absolute atomic E-state index is 13.7. The number of sulfone groups is 1. The molecule has 2 aromatic carbocycles. The molecular formula is C24H29BO4S. The monoisotopic (exact) mass is 424 g/mol. The number of hydrogen-bond acceptors (Lipinski definition) is 4. The minimum atomic E-state index is -3.73. The van der Waals surface area contributed by atoms with Gasteiger partial charge in [0.2, 0.25) is 0 Å². The maximum atomic E-state index is 13.7. The number of rotatable bonds is 7. The minimum Gasteiger partial charge on any atom is -0.400 e. The highest BCUT2D eigenvalue weighted by molar-refractivity contribution is 7.92. The normalized spacial score (nSPS) is 18.7. The molecule has 1 atom stereocenters. The molecule has 1 heterocycles. The zero-order valence-corrected chi connectivity index (χ0v) is 18.9. The summed E-state index contributed by atoms with van der Waals surface area (Å²) < 4.78 is 39.6. The summed E-state index contributed by atoms with van der Waals surface area (Å²) in [4.78, 5) is 0.253. The van der Waals surface area contributed by atoms with Crippen molar-refractivity contribution in [2.75, 3.05) is 0 Å². The smallest absolute Gasteiger partial charge is 0.400 e. The van der Waals surface area contributed by atoms with Crippen LogP contribution in [0.5, 0.6) is 0 Å². The van der Waals surface area contributed by atoms with Gasteiger partial charge in [-0.15, -0.1) is 6.58 Å². The molecule has 0 aromatic heterocycles. The van der Waals surface area contributed by atoms with Crippen LogP contribution in [0.1, 0.15) is 38.8 Å². The molecule has 0 amide bonds. The third-order valence-electron chi connectivity index (χ3n) is 6.10. The largest absolute Gasteiger partial charge is 0.491 e. The molecule has 0 radical (unpaired) electrons. The van der Waals surface area contributed by atoms with E-state index >= 15 is 0 Å². The molecule has 1 aliphatic heterocycles. The van der Waals surface area contributed by atoms with Gasteiger partial charge in [-0.25, -0.2) is 8.42 Å². The quantitative estimate of drug-likeness (QED) is 0.594. The number of hydrogen-bond donors (Lipinski definition) is 0. The van der Waals surface area contributed by atoms with Crippen LogP contribution in [0, 0.1) is 0 Å². The predicted molar refractivity (Wildman–Crippen MR) is 123 cm³/mol. The average Bonchev–Trinajstić information content (AvgIpc) is 2.93. The van der Waals surface area contributed by atoms with E-state index in [0.717, 1.165) is 11.1 Å². The fourth-order valence-corrected chi connectivity index (χ4v) is 5.25. The van der Waals surface area contributed by atoms with Gasteiger partial charge in [0.1, 0.15) is 0 Å². The summed E-state index contributed by atoms with van der Waals surface area (Å²) in [5.41, 5.74) is 1.01. The molecule has 2 aromatic rings. The van der Waals surface area contributed by atoms with Crippen molar-refractivity contribution in [1.82, 2.24) is 0 Å². The predicted octanol–water partition coefficient (Wildman–Crippen LogP) is 4.90. The Labute approximate surface area is 180 Å². The second kappa shape index (κ2) is 8.18. The second-order valence-electron chi connectivity index (χ2n) is 8.62.